The van der Waals surface area contributed by atoms with E-state index >= 15 is 0 Å². The molecule has 3 rings (SSSR count). The fourth-order valence-electron chi connectivity index (χ4n) is 3.16. The lowest BCUT2D eigenvalue weighted by atomic mass is 10.3. The molecular formula is C19H27N7O. The Morgan fingerprint density at radius 2 is 1.89 bits per heavy atom. The first-order valence-corrected chi connectivity index (χ1v) is 9.41. The van der Waals surface area contributed by atoms with Gasteiger partial charge in [-0.1, -0.05) is 6.07 Å². The molecule has 27 heavy (non-hydrogen) atoms. The Bertz CT molecular complexity index is 782. The number of hydrogen-bond acceptors (Lipinski definition) is 5. The summed E-state index contributed by atoms with van der Waals surface area (Å²) in [6.07, 6.45) is 7.33. The van der Waals surface area contributed by atoms with E-state index in [4.69, 9.17) is 0 Å². The van der Waals surface area contributed by atoms with E-state index in [0.29, 0.717) is 0 Å². The highest BCUT2D eigenvalue weighted by Gasteiger charge is 2.20. The summed E-state index contributed by atoms with van der Waals surface area (Å²) >= 11 is 0. The number of anilines is 1. The van der Waals surface area contributed by atoms with Gasteiger partial charge < -0.3 is 19.7 Å². The van der Waals surface area contributed by atoms with Crippen LogP contribution >= 0.6 is 0 Å². The van der Waals surface area contributed by atoms with Gasteiger partial charge in [-0.3, -0.25) is 9.79 Å². The van der Waals surface area contributed by atoms with Gasteiger partial charge in [-0.25, -0.2) is 9.97 Å². The minimum Gasteiger partial charge on any atom is -0.356 e. The van der Waals surface area contributed by atoms with Crippen LogP contribution in [-0.2, 0) is 6.54 Å². The molecule has 2 aromatic heterocycles. The molecule has 8 nitrogen and oxygen atoms in total. The molecular weight excluding hydrogens is 342 g/mol. The summed E-state index contributed by atoms with van der Waals surface area (Å²) in [5.41, 5.74) is 0.0570. The topological polar surface area (TPSA) is 78.7 Å². The standard InChI is InChI=1S/C19H27N7O/c1-20-18(21-8-3-5-12-24-11-4-2-7-17(24)27)25-13-15-26(16-14-25)19-22-9-6-10-23-19/h2,4,6-7,9-11H,3,5,8,12-16H2,1H3,(H,20,21). The van der Waals surface area contributed by atoms with Gasteiger partial charge in [-0.05, 0) is 25.0 Å². The van der Waals surface area contributed by atoms with Gasteiger partial charge >= 0.3 is 0 Å². The Balaban J connectivity index is 1.38. The average molecular weight is 369 g/mol. The lowest BCUT2D eigenvalue weighted by Gasteiger charge is -2.36. The minimum absolute atomic E-state index is 0.0570. The lowest BCUT2D eigenvalue weighted by molar-refractivity contribution is 0.369. The van der Waals surface area contributed by atoms with E-state index in [9.17, 15) is 4.79 Å². The predicted molar refractivity (Wildman–Crippen MR) is 107 cm³/mol. The number of aryl methyl sites for hydroxylation is 1. The van der Waals surface area contributed by atoms with E-state index in [0.717, 1.165) is 64.0 Å². The van der Waals surface area contributed by atoms with Gasteiger partial charge in [-0.15, -0.1) is 0 Å². The third-order valence-electron chi connectivity index (χ3n) is 4.63. The molecule has 144 valence electrons. The normalized spacial score (nSPS) is 15.1. The van der Waals surface area contributed by atoms with Gasteiger partial charge in [0.15, 0.2) is 5.96 Å². The maximum absolute atomic E-state index is 11.7. The zero-order chi connectivity index (χ0) is 18.9. The van der Waals surface area contributed by atoms with Gasteiger partial charge in [0.2, 0.25) is 11.5 Å². The first kappa shape index (κ1) is 18.9. The number of hydrogen-bond donors (Lipinski definition) is 1. The van der Waals surface area contributed by atoms with E-state index < -0.39 is 0 Å². The molecule has 1 N–H and O–H groups in total. The van der Waals surface area contributed by atoms with Crippen molar-refractivity contribution in [2.45, 2.75) is 19.4 Å². The molecule has 3 heterocycles. The molecule has 2 aromatic rings. The monoisotopic (exact) mass is 369 g/mol. The number of unbranched alkanes of at least 4 members (excludes halogenated alkanes) is 1. The highest BCUT2D eigenvalue weighted by atomic mass is 16.1. The number of aromatic nitrogens is 3. The van der Waals surface area contributed by atoms with Gasteiger partial charge in [0.25, 0.3) is 0 Å². The van der Waals surface area contributed by atoms with Crippen molar-refractivity contribution in [3.05, 3.63) is 53.2 Å². The Kier molecular flexibility index (Phi) is 6.78. The lowest BCUT2D eigenvalue weighted by Crippen LogP contribution is -2.53. The Morgan fingerprint density at radius 1 is 1.11 bits per heavy atom. The number of aliphatic imine (C=N–C) groups is 1. The molecule has 0 radical (unpaired) electrons. The highest BCUT2D eigenvalue weighted by molar-refractivity contribution is 5.80. The highest BCUT2D eigenvalue weighted by Crippen LogP contribution is 2.09. The summed E-state index contributed by atoms with van der Waals surface area (Å²) in [5.74, 6) is 1.72. The average Bonchev–Trinajstić information content (AvgIpc) is 2.73. The van der Waals surface area contributed by atoms with Crippen molar-refractivity contribution in [1.82, 2.24) is 24.8 Å². The van der Waals surface area contributed by atoms with Crippen LogP contribution in [0.15, 0.2) is 52.6 Å². The second-order valence-corrected chi connectivity index (χ2v) is 6.44. The van der Waals surface area contributed by atoms with Crippen molar-refractivity contribution in [2.75, 3.05) is 44.7 Å². The van der Waals surface area contributed by atoms with Crippen LogP contribution in [-0.4, -0.2) is 65.2 Å². The van der Waals surface area contributed by atoms with Crippen LogP contribution in [0.1, 0.15) is 12.8 Å². The largest absolute Gasteiger partial charge is 0.356 e. The van der Waals surface area contributed by atoms with Crippen molar-refractivity contribution in [1.29, 1.82) is 0 Å². The molecule has 0 aliphatic carbocycles. The second-order valence-electron chi connectivity index (χ2n) is 6.44. The molecule has 1 saturated heterocycles. The summed E-state index contributed by atoms with van der Waals surface area (Å²) in [7, 11) is 1.82. The molecule has 0 spiro atoms. The molecule has 0 saturated carbocycles. The SMILES string of the molecule is CN=C(NCCCCn1ccccc1=O)N1CCN(c2ncccn2)CC1. The molecule has 8 heteroatoms. The first-order valence-electron chi connectivity index (χ1n) is 9.41. The van der Waals surface area contributed by atoms with Crippen molar-refractivity contribution < 1.29 is 0 Å². The number of piperazine rings is 1. The third kappa shape index (κ3) is 5.29. The molecule has 0 atom stereocenters. The Hall–Kier alpha value is -2.90. The van der Waals surface area contributed by atoms with Crippen LogP contribution in [0.4, 0.5) is 5.95 Å². The maximum atomic E-state index is 11.7. The smallest absolute Gasteiger partial charge is 0.250 e. The van der Waals surface area contributed by atoms with Crippen molar-refractivity contribution >= 4 is 11.9 Å². The molecule has 0 amide bonds. The van der Waals surface area contributed by atoms with Crippen molar-refractivity contribution in [3.63, 3.8) is 0 Å². The third-order valence-corrected chi connectivity index (χ3v) is 4.63. The van der Waals surface area contributed by atoms with Crippen LogP contribution in [0.25, 0.3) is 0 Å². The van der Waals surface area contributed by atoms with Crippen molar-refractivity contribution in [2.24, 2.45) is 4.99 Å². The Morgan fingerprint density at radius 3 is 2.59 bits per heavy atom. The Labute approximate surface area is 159 Å². The maximum Gasteiger partial charge on any atom is 0.250 e. The van der Waals surface area contributed by atoms with E-state index in [2.05, 4.69) is 30.1 Å². The van der Waals surface area contributed by atoms with E-state index in [1.54, 1.807) is 29.1 Å². The molecule has 0 aromatic carbocycles. The van der Waals surface area contributed by atoms with Gasteiger partial charge in [0, 0.05) is 71.0 Å². The van der Waals surface area contributed by atoms with E-state index in [1.165, 1.54) is 0 Å². The predicted octanol–water partition coefficient (Wildman–Crippen LogP) is 0.816. The fraction of sp³-hybridized carbons (Fsp3) is 0.474. The van der Waals surface area contributed by atoms with Crippen LogP contribution in [0, 0.1) is 0 Å². The van der Waals surface area contributed by atoms with Crippen molar-refractivity contribution in [3.8, 4) is 0 Å². The summed E-state index contributed by atoms with van der Waals surface area (Å²) in [6, 6.07) is 7.09. The first-order chi connectivity index (χ1) is 13.3. The fourth-order valence-corrected chi connectivity index (χ4v) is 3.16. The second kappa shape index (κ2) is 9.70. The van der Waals surface area contributed by atoms with Gasteiger partial charge in [-0.2, -0.15) is 0 Å². The molecule has 1 aliphatic heterocycles. The van der Waals surface area contributed by atoms with Crippen LogP contribution in [0.2, 0.25) is 0 Å². The summed E-state index contributed by atoms with van der Waals surface area (Å²) in [5, 5.41) is 3.43. The number of nitrogens with zero attached hydrogens (tertiary/aromatic N) is 6. The molecule has 0 bridgehead atoms. The number of pyridine rings is 1. The van der Waals surface area contributed by atoms with Gasteiger partial charge in [0.1, 0.15) is 0 Å². The minimum atomic E-state index is 0.0570. The summed E-state index contributed by atoms with van der Waals surface area (Å²) in [4.78, 5) is 29.2. The number of nitrogens with one attached hydrogen (secondary N) is 1. The van der Waals surface area contributed by atoms with E-state index in [-0.39, 0.29) is 5.56 Å². The summed E-state index contributed by atoms with van der Waals surface area (Å²) in [6.45, 7) is 5.12. The quantitative estimate of drug-likeness (QED) is 0.461. The van der Waals surface area contributed by atoms with E-state index in [1.807, 2.05) is 25.4 Å². The van der Waals surface area contributed by atoms with Crippen LogP contribution in [0.5, 0.6) is 0 Å². The van der Waals surface area contributed by atoms with Crippen LogP contribution < -0.4 is 15.8 Å². The number of rotatable bonds is 6. The van der Waals surface area contributed by atoms with Gasteiger partial charge in [0.05, 0.1) is 0 Å². The molecule has 1 aliphatic rings. The molecule has 1 fully saturated rings. The molecule has 0 unspecified atom stereocenters. The zero-order valence-electron chi connectivity index (χ0n) is 15.8. The summed E-state index contributed by atoms with van der Waals surface area (Å²) < 4.78 is 1.75. The van der Waals surface area contributed by atoms with Crippen LogP contribution in [0.3, 0.4) is 0 Å². The number of guanidine groups is 1. The zero-order valence-corrected chi connectivity index (χ0v) is 15.8.